The number of ketones is 1. The van der Waals surface area contributed by atoms with Crippen LogP contribution in [0.4, 0.5) is 0 Å². The number of likely N-dealkylation sites (tertiary alicyclic amines) is 1. The molecule has 1 heterocycles. The van der Waals surface area contributed by atoms with Gasteiger partial charge in [-0.15, -0.1) is 0 Å². The number of Topliss-reactive ketones (excluding diaryl/α,β-unsaturated/α-hetero) is 1. The van der Waals surface area contributed by atoms with Gasteiger partial charge in [0.25, 0.3) is 11.7 Å². The lowest BCUT2D eigenvalue weighted by Crippen LogP contribution is -2.38. The lowest BCUT2D eigenvalue weighted by molar-refractivity contribution is -0.140. The van der Waals surface area contributed by atoms with Gasteiger partial charge in [-0.05, 0) is 62.0 Å². The highest BCUT2D eigenvalue weighted by Gasteiger charge is 2.45. The second kappa shape index (κ2) is 11.0. The Hall–Kier alpha value is -3.32. The van der Waals surface area contributed by atoms with E-state index >= 15 is 0 Å². The third kappa shape index (κ3) is 5.20. The average Bonchev–Trinajstić information content (AvgIpc) is 3.10. The summed E-state index contributed by atoms with van der Waals surface area (Å²) in [4.78, 5) is 29.9. The third-order valence-corrected chi connectivity index (χ3v) is 5.96. The maximum Gasteiger partial charge on any atom is 0.295 e. The first-order chi connectivity index (χ1) is 15.9. The summed E-state index contributed by atoms with van der Waals surface area (Å²) < 4.78 is 10.7. The number of ether oxygens (including phenoxy) is 2. The normalized spacial score (nSPS) is 17.6. The summed E-state index contributed by atoms with van der Waals surface area (Å²) in [6, 6.07) is 13.4. The van der Waals surface area contributed by atoms with Crippen molar-refractivity contribution in [3.05, 3.63) is 65.2 Å². The number of amides is 1. The molecule has 0 aliphatic carbocycles. The molecule has 176 valence electrons. The Balaban J connectivity index is 2.05. The van der Waals surface area contributed by atoms with Gasteiger partial charge in [0.2, 0.25) is 0 Å². The number of carbonyl (C=O) groups is 2. The first kappa shape index (κ1) is 24.3. The summed E-state index contributed by atoms with van der Waals surface area (Å²) >= 11 is 0. The van der Waals surface area contributed by atoms with Crippen molar-refractivity contribution in [1.82, 2.24) is 9.80 Å². The molecule has 7 nitrogen and oxygen atoms in total. The number of hydrogen-bond acceptors (Lipinski definition) is 6. The number of aliphatic hydroxyl groups excluding tert-OH is 1. The molecule has 2 aromatic rings. The molecule has 3 rings (SSSR count). The predicted molar refractivity (Wildman–Crippen MR) is 127 cm³/mol. The smallest absolute Gasteiger partial charge is 0.295 e. The van der Waals surface area contributed by atoms with Crippen molar-refractivity contribution in [3.8, 4) is 11.5 Å². The van der Waals surface area contributed by atoms with E-state index in [9.17, 15) is 14.7 Å². The van der Waals surface area contributed by atoms with Gasteiger partial charge in [0.15, 0.2) is 0 Å². The zero-order chi connectivity index (χ0) is 24.0. The van der Waals surface area contributed by atoms with Crippen LogP contribution in [0.3, 0.4) is 0 Å². The SMILES string of the molecule is CCOc1ccc(C(O)=C2C(=O)C(=O)N(CCN(CC)CC)C2c2ccc(OC)cc2)cc1. The molecule has 0 aromatic heterocycles. The lowest BCUT2D eigenvalue weighted by atomic mass is 9.95. The van der Waals surface area contributed by atoms with E-state index in [0.29, 0.717) is 36.8 Å². The number of carbonyl (C=O) groups excluding carboxylic acids is 2. The Kier molecular flexibility index (Phi) is 8.11. The summed E-state index contributed by atoms with van der Waals surface area (Å²) in [6.45, 7) is 9.25. The zero-order valence-electron chi connectivity index (χ0n) is 19.7. The fraction of sp³-hybridized carbons (Fsp3) is 0.385. The molecule has 1 aliphatic rings. The van der Waals surface area contributed by atoms with Crippen molar-refractivity contribution in [2.45, 2.75) is 26.8 Å². The van der Waals surface area contributed by atoms with Crippen LogP contribution in [0.25, 0.3) is 5.76 Å². The Labute approximate surface area is 195 Å². The number of likely N-dealkylation sites (N-methyl/N-ethyl adjacent to an activating group) is 1. The van der Waals surface area contributed by atoms with Crippen LogP contribution in [0, 0.1) is 0 Å². The molecular weight excluding hydrogens is 420 g/mol. The van der Waals surface area contributed by atoms with Crippen molar-refractivity contribution in [2.75, 3.05) is 39.9 Å². The number of nitrogens with zero attached hydrogens (tertiary/aromatic N) is 2. The zero-order valence-corrected chi connectivity index (χ0v) is 19.7. The van der Waals surface area contributed by atoms with Crippen LogP contribution in [0.1, 0.15) is 37.9 Å². The second-order valence-electron chi connectivity index (χ2n) is 7.75. The van der Waals surface area contributed by atoms with Crippen LogP contribution in [0.15, 0.2) is 54.1 Å². The van der Waals surface area contributed by atoms with Gasteiger partial charge in [-0.2, -0.15) is 0 Å². The average molecular weight is 453 g/mol. The van der Waals surface area contributed by atoms with Crippen LogP contribution in [0.2, 0.25) is 0 Å². The molecular formula is C26H32N2O5. The standard InChI is InChI=1S/C26H32N2O5/c1-5-27(6-2)16-17-28-23(18-8-12-20(32-4)13-9-18)22(25(30)26(28)31)24(29)19-10-14-21(15-11-19)33-7-3/h8-15,23,29H,5-7,16-17H2,1-4H3. The van der Waals surface area contributed by atoms with Crippen molar-refractivity contribution >= 4 is 17.4 Å². The van der Waals surface area contributed by atoms with E-state index in [4.69, 9.17) is 9.47 Å². The number of benzene rings is 2. The lowest BCUT2D eigenvalue weighted by Gasteiger charge is -2.28. The molecule has 1 saturated heterocycles. The minimum Gasteiger partial charge on any atom is -0.507 e. The van der Waals surface area contributed by atoms with Crippen LogP contribution < -0.4 is 9.47 Å². The largest absolute Gasteiger partial charge is 0.507 e. The summed E-state index contributed by atoms with van der Waals surface area (Å²) in [7, 11) is 1.58. The van der Waals surface area contributed by atoms with Gasteiger partial charge < -0.3 is 24.4 Å². The molecule has 0 bridgehead atoms. The minimum atomic E-state index is -0.682. The minimum absolute atomic E-state index is 0.0915. The Bertz CT molecular complexity index is 994. The first-order valence-corrected chi connectivity index (χ1v) is 11.3. The fourth-order valence-corrected chi connectivity index (χ4v) is 4.06. The Morgan fingerprint density at radius 3 is 2.12 bits per heavy atom. The molecule has 33 heavy (non-hydrogen) atoms. The Morgan fingerprint density at radius 2 is 1.58 bits per heavy atom. The van der Waals surface area contributed by atoms with E-state index in [1.165, 1.54) is 0 Å². The van der Waals surface area contributed by atoms with Gasteiger partial charge in [-0.1, -0.05) is 26.0 Å². The van der Waals surface area contributed by atoms with Gasteiger partial charge in [0, 0.05) is 18.7 Å². The van der Waals surface area contributed by atoms with E-state index in [0.717, 1.165) is 18.7 Å². The summed E-state index contributed by atoms with van der Waals surface area (Å²) in [6.07, 6.45) is 0. The summed E-state index contributed by atoms with van der Waals surface area (Å²) in [5.74, 6) is -0.134. The van der Waals surface area contributed by atoms with Crippen molar-refractivity contribution in [3.63, 3.8) is 0 Å². The van der Waals surface area contributed by atoms with Gasteiger partial charge in [0.05, 0.1) is 25.3 Å². The molecule has 0 spiro atoms. The van der Waals surface area contributed by atoms with Gasteiger partial charge >= 0.3 is 0 Å². The monoisotopic (exact) mass is 452 g/mol. The van der Waals surface area contributed by atoms with Crippen LogP contribution in [0.5, 0.6) is 11.5 Å². The van der Waals surface area contributed by atoms with Crippen LogP contribution in [-0.2, 0) is 9.59 Å². The van der Waals surface area contributed by atoms with E-state index in [2.05, 4.69) is 18.7 Å². The molecule has 1 fully saturated rings. The fourth-order valence-electron chi connectivity index (χ4n) is 4.06. The van der Waals surface area contributed by atoms with E-state index in [1.807, 2.05) is 19.1 Å². The Morgan fingerprint density at radius 1 is 0.970 bits per heavy atom. The maximum atomic E-state index is 13.1. The molecule has 0 radical (unpaired) electrons. The summed E-state index contributed by atoms with van der Waals surface area (Å²) in [5.41, 5.74) is 1.29. The number of hydrogen-bond donors (Lipinski definition) is 1. The van der Waals surface area contributed by atoms with Crippen LogP contribution in [-0.4, -0.2) is 66.5 Å². The molecule has 1 atom stereocenters. The highest BCUT2D eigenvalue weighted by Crippen LogP contribution is 2.39. The molecule has 7 heteroatoms. The predicted octanol–water partition coefficient (Wildman–Crippen LogP) is 3.86. The summed E-state index contributed by atoms with van der Waals surface area (Å²) in [5, 5.41) is 11.2. The molecule has 0 saturated carbocycles. The van der Waals surface area contributed by atoms with Gasteiger partial charge in [0.1, 0.15) is 17.3 Å². The molecule has 1 aliphatic heterocycles. The number of aliphatic hydroxyl groups is 1. The molecule has 1 amide bonds. The van der Waals surface area contributed by atoms with Gasteiger partial charge in [-0.25, -0.2) is 0 Å². The number of rotatable bonds is 10. The van der Waals surface area contributed by atoms with E-state index in [1.54, 1.807) is 48.4 Å². The molecule has 2 aromatic carbocycles. The van der Waals surface area contributed by atoms with E-state index in [-0.39, 0.29) is 11.3 Å². The molecule has 1 N–H and O–H groups in total. The van der Waals surface area contributed by atoms with Crippen LogP contribution >= 0.6 is 0 Å². The topological polar surface area (TPSA) is 79.3 Å². The maximum absolute atomic E-state index is 13.1. The highest BCUT2D eigenvalue weighted by atomic mass is 16.5. The second-order valence-corrected chi connectivity index (χ2v) is 7.75. The quantitative estimate of drug-likeness (QED) is 0.335. The highest BCUT2D eigenvalue weighted by molar-refractivity contribution is 6.46. The molecule has 1 unspecified atom stereocenters. The van der Waals surface area contributed by atoms with E-state index < -0.39 is 17.7 Å². The van der Waals surface area contributed by atoms with Gasteiger partial charge in [-0.3, -0.25) is 9.59 Å². The number of methoxy groups -OCH3 is 1. The van der Waals surface area contributed by atoms with Crippen molar-refractivity contribution in [1.29, 1.82) is 0 Å². The van der Waals surface area contributed by atoms with Crippen molar-refractivity contribution in [2.24, 2.45) is 0 Å². The third-order valence-electron chi connectivity index (χ3n) is 5.96. The van der Waals surface area contributed by atoms with Crippen molar-refractivity contribution < 1.29 is 24.2 Å². The first-order valence-electron chi connectivity index (χ1n) is 11.3.